The van der Waals surface area contributed by atoms with Crippen molar-refractivity contribution in [3.8, 4) is 0 Å². The van der Waals surface area contributed by atoms with Gasteiger partial charge in [-0.2, -0.15) is 0 Å². The summed E-state index contributed by atoms with van der Waals surface area (Å²) in [5.74, 6) is 1.11. The molecule has 0 bridgehead atoms. The van der Waals surface area contributed by atoms with Crippen LogP contribution in [0.3, 0.4) is 0 Å². The normalized spacial score (nSPS) is 23.6. The monoisotopic (exact) mass is 418 g/mol. The number of hydrogen-bond acceptors (Lipinski definition) is 5. The Morgan fingerprint density at radius 3 is 2.71 bits per heavy atom. The molecule has 7 heteroatoms. The minimum absolute atomic E-state index is 0.131. The van der Waals surface area contributed by atoms with Crippen molar-refractivity contribution in [2.24, 2.45) is 0 Å². The zero-order chi connectivity index (χ0) is 21.5. The van der Waals surface area contributed by atoms with Crippen LogP contribution in [0.15, 0.2) is 36.5 Å². The van der Waals surface area contributed by atoms with Crippen molar-refractivity contribution in [1.82, 2.24) is 24.8 Å². The van der Waals surface area contributed by atoms with Gasteiger partial charge in [-0.3, -0.25) is 19.6 Å². The maximum Gasteiger partial charge on any atom is 0.241 e. The summed E-state index contributed by atoms with van der Waals surface area (Å²) >= 11 is 0. The number of anilines is 1. The Bertz CT molecular complexity index is 1110. The molecular formula is C24H30N6O. The molecule has 0 aliphatic carbocycles. The average Bonchev–Trinajstić information content (AvgIpc) is 3.19. The summed E-state index contributed by atoms with van der Waals surface area (Å²) in [5, 5.41) is 0. The van der Waals surface area contributed by atoms with Gasteiger partial charge in [-0.05, 0) is 64.0 Å². The third-order valence-corrected chi connectivity index (χ3v) is 6.83. The summed E-state index contributed by atoms with van der Waals surface area (Å²) in [6.07, 6.45) is 5.18. The molecule has 162 valence electrons. The first-order valence-electron chi connectivity index (χ1n) is 11.1. The van der Waals surface area contributed by atoms with Crippen LogP contribution in [-0.4, -0.2) is 64.4 Å². The zero-order valence-corrected chi connectivity index (χ0v) is 18.5. The van der Waals surface area contributed by atoms with Crippen molar-refractivity contribution in [2.45, 2.75) is 38.3 Å². The van der Waals surface area contributed by atoms with Gasteiger partial charge in [-0.15, -0.1) is 0 Å². The number of nitrogens with zero attached hydrogens (tertiary/aromatic N) is 5. The van der Waals surface area contributed by atoms with E-state index in [0.29, 0.717) is 13.1 Å². The van der Waals surface area contributed by atoms with Crippen LogP contribution < -0.4 is 4.90 Å². The number of carbonyl (C=O) groups excluding carboxylic acids is 1. The molecule has 2 aliphatic heterocycles. The molecule has 0 radical (unpaired) electrons. The highest BCUT2D eigenvalue weighted by atomic mass is 16.2. The van der Waals surface area contributed by atoms with Gasteiger partial charge in [0.05, 0.1) is 35.5 Å². The number of likely N-dealkylation sites (N-methyl/N-ethyl adjacent to an activating group) is 1. The lowest BCUT2D eigenvalue weighted by Gasteiger charge is -2.38. The van der Waals surface area contributed by atoms with Crippen molar-refractivity contribution in [3.63, 3.8) is 0 Å². The van der Waals surface area contributed by atoms with Gasteiger partial charge in [0.1, 0.15) is 11.3 Å². The first kappa shape index (κ1) is 20.2. The van der Waals surface area contributed by atoms with Crippen LogP contribution in [0, 0.1) is 6.92 Å². The van der Waals surface area contributed by atoms with Crippen LogP contribution in [0.5, 0.6) is 0 Å². The molecular weight excluding hydrogens is 388 g/mol. The molecule has 0 unspecified atom stereocenters. The van der Waals surface area contributed by atoms with Crippen LogP contribution in [0.1, 0.15) is 48.4 Å². The number of H-pyrrole nitrogens is 1. The van der Waals surface area contributed by atoms with Crippen molar-refractivity contribution in [3.05, 3.63) is 53.6 Å². The first-order valence-corrected chi connectivity index (χ1v) is 11.1. The molecule has 2 saturated heterocycles. The number of hydrogen-bond donors (Lipinski definition) is 1. The number of pyridine rings is 1. The molecule has 0 saturated carbocycles. The number of aromatic nitrogens is 3. The summed E-state index contributed by atoms with van der Waals surface area (Å²) in [6, 6.07) is 10.7. The third kappa shape index (κ3) is 3.62. The second-order valence-corrected chi connectivity index (χ2v) is 8.91. The summed E-state index contributed by atoms with van der Waals surface area (Å²) in [7, 11) is 4.17. The molecule has 31 heavy (non-hydrogen) atoms. The average molecular weight is 419 g/mol. The van der Waals surface area contributed by atoms with Gasteiger partial charge >= 0.3 is 0 Å². The van der Waals surface area contributed by atoms with E-state index in [4.69, 9.17) is 9.97 Å². The van der Waals surface area contributed by atoms with Crippen LogP contribution >= 0.6 is 0 Å². The Balaban J connectivity index is 1.48. The number of para-hydroxylation sites is 1. The van der Waals surface area contributed by atoms with Gasteiger partial charge in [-0.1, -0.05) is 12.1 Å². The summed E-state index contributed by atoms with van der Waals surface area (Å²) in [6.45, 7) is 4.15. The lowest BCUT2D eigenvalue weighted by Crippen LogP contribution is -2.49. The summed E-state index contributed by atoms with van der Waals surface area (Å²) in [4.78, 5) is 32.3. The second-order valence-electron chi connectivity index (χ2n) is 8.91. The number of piperazine rings is 1. The number of fused-ring (bicyclic) bond motifs is 1. The molecule has 1 aromatic carbocycles. The number of aryl methyl sites for hydroxylation is 1. The number of likely N-dealkylation sites (tertiary alicyclic amines) is 1. The van der Waals surface area contributed by atoms with Crippen molar-refractivity contribution in [2.75, 3.05) is 38.6 Å². The Morgan fingerprint density at radius 2 is 1.90 bits per heavy atom. The van der Waals surface area contributed by atoms with E-state index in [1.54, 1.807) is 0 Å². The molecule has 2 atom stereocenters. The van der Waals surface area contributed by atoms with E-state index >= 15 is 0 Å². The topological polar surface area (TPSA) is 68.4 Å². The number of rotatable bonds is 3. The highest BCUT2D eigenvalue weighted by Crippen LogP contribution is 2.40. The van der Waals surface area contributed by atoms with Gasteiger partial charge in [0.25, 0.3) is 0 Å². The molecule has 4 heterocycles. The van der Waals surface area contributed by atoms with E-state index in [-0.39, 0.29) is 18.0 Å². The second kappa shape index (κ2) is 8.05. The largest absolute Gasteiger partial charge is 0.341 e. The standard InChI is InChI=1S/C24H30N6O/c1-16-7-6-12-25-22(16)18-9-5-11-20(29(18)3)24-26-17-8-4-10-19(23(17)27-24)30-14-13-28(2)15-21(30)31/h4,6-8,10,12,18,20H,5,9,11,13-15H2,1-3H3,(H,26,27)/t18-,20+/m0/s1. The molecule has 2 aromatic heterocycles. The van der Waals surface area contributed by atoms with Gasteiger partial charge in [0.2, 0.25) is 5.91 Å². The van der Waals surface area contributed by atoms with Crippen molar-refractivity contribution >= 4 is 22.6 Å². The smallest absolute Gasteiger partial charge is 0.241 e. The molecule has 1 amide bonds. The van der Waals surface area contributed by atoms with Crippen LogP contribution in [0.2, 0.25) is 0 Å². The lowest BCUT2D eigenvalue weighted by molar-refractivity contribution is -0.120. The van der Waals surface area contributed by atoms with Gasteiger partial charge in [0, 0.05) is 19.3 Å². The fraction of sp³-hybridized carbons (Fsp3) is 0.458. The Labute approximate surface area is 183 Å². The third-order valence-electron chi connectivity index (χ3n) is 6.83. The number of nitrogens with one attached hydrogen (secondary N) is 1. The number of amides is 1. The number of benzene rings is 1. The Kier molecular flexibility index (Phi) is 5.24. The number of imidazole rings is 1. The van der Waals surface area contributed by atoms with Gasteiger partial charge in [0.15, 0.2) is 0 Å². The molecule has 1 N–H and O–H groups in total. The SMILES string of the molecule is Cc1cccnc1[C@@H]1CCC[C@H](c2nc3c(N4CCN(C)CC4=O)cccc3[nH]2)N1C. The lowest BCUT2D eigenvalue weighted by atomic mass is 9.92. The fourth-order valence-corrected chi connectivity index (χ4v) is 5.09. The van der Waals surface area contributed by atoms with E-state index in [1.165, 1.54) is 5.56 Å². The summed E-state index contributed by atoms with van der Waals surface area (Å²) in [5.41, 5.74) is 5.19. The molecule has 2 fully saturated rings. The first-order chi connectivity index (χ1) is 15.0. The Morgan fingerprint density at radius 1 is 1.06 bits per heavy atom. The maximum absolute atomic E-state index is 12.7. The fourth-order valence-electron chi connectivity index (χ4n) is 5.09. The van der Waals surface area contributed by atoms with E-state index in [1.807, 2.05) is 36.3 Å². The minimum Gasteiger partial charge on any atom is -0.341 e. The quantitative estimate of drug-likeness (QED) is 0.706. The predicted molar refractivity (Wildman–Crippen MR) is 122 cm³/mol. The molecule has 7 nitrogen and oxygen atoms in total. The number of piperidine rings is 1. The van der Waals surface area contributed by atoms with Crippen molar-refractivity contribution in [1.29, 1.82) is 0 Å². The number of carbonyl (C=O) groups is 1. The molecule has 3 aromatic rings. The van der Waals surface area contributed by atoms with Crippen molar-refractivity contribution < 1.29 is 4.79 Å². The van der Waals surface area contributed by atoms with E-state index in [2.05, 4.69) is 40.9 Å². The molecule has 2 aliphatic rings. The maximum atomic E-state index is 12.7. The summed E-state index contributed by atoms with van der Waals surface area (Å²) < 4.78 is 0. The predicted octanol–water partition coefficient (Wildman–Crippen LogP) is 3.44. The highest BCUT2D eigenvalue weighted by molar-refractivity contribution is 6.02. The van der Waals surface area contributed by atoms with Crippen LogP contribution in [0.25, 0.3) is 11.0 Å². The van der Waals surface area contributed by atoms with E-state index in [0.717, 1.165) is 54.0 Å². The number of aromatic amines is 1. The highest BCUT2D eigenvalue weighted by Gasteiger charge is 2.33. The van der Waals surface area contributed by atoms with Crippen LogP contribution in [-0.2, 0) is 4.79 Å². The van der Waals surface area contributed by atoms with Gasteiger partial charge in [-0.25, -0.2) is 4.98 Å². The minimum atomic E-state index is 0.131. The molecule has 0 spiro atoms. The van der Waals surface area contributed by atoms with E-state index < -0.39 is 0 Å². The van der Waals surface area contributed by atoms with E-state index in [9.17, 15) is 4.79 Å². The molecule has 5 rings (SSSR count). The zero-order valence-electron chi connectivity index (χ0n) is 18.5. The van der Waals surface area contributed by atoms with Gasteiger partial charge < -0.3 is 9.88 Å². The Hall–Kier alpha value is -2.77. The van der Waals surface area contributed by atoms with Crippen LogP contribution in [0.4, 0.5) is 5.69 Å².